The summed E-state index contributed by atoms with van der Waals surface area (Å²) in [6, 6.07) is 15.4. The number of sulfonamides is 1. The molecule has 0 saturated carbocycles. The third kappa shape index (κ3) is 7.58. The van der Waals surface area contributed by atoms with Gasteiger partial charge in [0.2, 0.25) is 15.9 Å². The monoisotopic (exact) mass is 748 g/mol. The Kier molecular flexibility index (Phi) is 10.5. The Labute approximate surface area is 306 Å². The maximum absolute atomic E-state index is 14.1. The molecule has 15 heteroatoms. The zero-order valence-electron chi connectivity index (χ0n) is 28.1. The van der Waals surface area contributed by atoms with Crippen molar-refractivity contribution in [3.63, 3.8) is 0 Å². The predicted molar refractivity (Wildman–Crippen MR) is 194 cm³/mol. The summed E-state index contributed by atoms with van der Waals surface area (Å²) in [5.74, 6) is 0.501. The molecule has 1 amide bonds. The average Bonchev–Trinajstić information content (AvgIpc) is 3.85. The maximum Gasteiger partial charge on any atom is 0.245 e. The van der Waals surface area contributed by atoms with Crippen molar-refractivity contribution in [2.75, 3.05) is 26.2 Å². The highest BCUT2D eigenvalue weighted by molar-refractivity contribution is 7.89. The van der Waals surface area contributed by atoms with Gasteiger partial charge in [0.1, 0.15) is 41.5 Å². The van der Waals surface area contributed by atoms with Gasteiger partial charge in [0.25, 0.3) is 0 Å². The van der Waals surface area contributed by atoms with Gasteiger partial charge >= 0.3 is 0 Å². The number of para-hydroxylation sites is 1. The van der Waals surface area contributed by atoms with Crippen LogP contribution in [0.1, 0.15) is 42.6 Å². The summed E-state index contributed by atoms with van der Waals surface area (Å²) >= 11 is 13.4. The normalized spacial score (nSPS) is 17.6. The lowest BCUT2D eigenvalue weighted by Gasteiger charge is -2.32. The van der Waals surface area contributed by atoms with Gasteiger partial charge in [-0.25, -0.2) is 23.1 Å². The topological polar surface area (TPSA) is 135 Å². The van der Waals surface area contributed by atoms with E-state index in [1.807, 2.05) is 49.5 Å². The zero-order valence-corrected chi connectivity index (χ0v) is 30.4. The minimum absolute atomic E-state index is 0.0429. The van der Waals surface area contributed by atoms with Gasteiger partial charge in [0.15, 0.2) is 0 Å². The highest BCUT2D eigenvalue weighted by atomic mass is 35.5. The van der Waals surface area contributed by atoms with Gasteiger partial charge in [-0.2, -0.15) is 9.40 Å². The minimum atomic E-state index is -4.15. The van der Waals surface area contributed by atoms with Crippen LogP contribution >= 0.6 is 23.2 Å². The van der Waals surface area contributed by atoms with Crippen LogP contribution in [0.4, 0.5) is 0 Å². The Balaban J connectivity index is 1.02. The van der Waals surface area contributed by atoms with Crippen LogP contribution in [-0.2, 0) is 28.0 Å². The van der Waals surface area contributed by atoms with Crippen LogP contribution in [0.15, 0.2) is 78.3 Å². The van der Waals surface area contributed by atoms with Gasteiger partial charge in [0.05, 0.1) is 16.4 Å². The number of carbonyl (C=O) groups excluding carboxylic acids is 1. The number of likely N-dealkylation sites (tertiary alicyclic amines) is 1. The Bertz CT molecular complexity index is 2130. The van der Waals surface area contributed by atoms with Gasteiger partial charge in [-0.15, -0.1) is 0 Å². The van der Waals surface area contributed by atoms with Gasteiger partial charge in [-0.1, -0.05) is 41.4 Å². The molecule has 2 aliphatic rings. The van der Waals surface area contributed by atoms with Crippen LogP contribution in [-0.4, -0.2) is 80.5 Å². The lowest BCUT2D eigenvalue weighted by atomic mass is 9.96. The number of hydrogen-bond acceptors (Lipinski definition) is 9. The van der Waals surface area contributed by atoms with E-state index in [0.29, 0.717) is 42.1 Å². The van der Waals surface area contributed by atoms with Crippen molar-refractivity contribution in [1.82, 2.24) is 39.3 Å². The van der Waals surface area contributed by atoms with Crippen LogP contribution in [0, 0.1) is 12.8 Å². The Morgan fingerprint density at radius 1 is 1.04 bits per heavy atom. The molecule has 3 aromatic heterocycles. The van der Waals surface area contributed by atoms with Crippen molar-refractivity contribution in [1.29, 1.82) is 0 Å². The molecule has 5 heterocycles. The van der Waals surface area contributed by atoms with Crippen molar-refractivity contribution in [2.45, 2.75) is 56.7 Å². The third-order valence-electron chi connectivity index (χ3n) is 9.57. The van der Waals surface area contributed by atoms with Crippen LogP contribution in [0.3, 0.4) is 0 Å². The first-order chi connectivity index (χ1) is 24.7. The number of ether oxygens (including phenoxy) is 1. The minimum Gasteiger partial charge on any atom is -0.487 e. The van der Waals surface area contributed by atoms with Crippen LogP contribution in [0.2, 0.25) is 10.0 Å². The molecule has 0 spiro atoms. The summed E-state index contributed by atoms with van der Waals surface area (Å²) in [6.07, 6.45) is 7.76. The summed E-state index contributed by atoms with van der Waals surface area (Å²) < 4.78 is 37.3. The van der Waals surface area contributed by atoms with E-state index in [0.717, 1.165) is 54.9 Å². The smallest absolute Gasteiger partial charge is 0.245 e. The second-order valence-corrected chi connectivity index (χ2v) is 15.6. The van der Waals surface area contributed by atoms with Crippen LogP contribution in [0.25, 0.3) is 16.6 Å². The molecule has 1 unspecified atom stereocenters. The Morgan fingerprint density at radius 3 is 2.65 bits per heavy atom. The molecule has 2 aromatic carbocycles. The van der Waals surface area contributed by atoms with Gasteiger partial charge in [-0.3, -0.25) is 14.7 Å². The lowest BCUT2D eigenvalue weighted by Crippen LogP contribution is -2.47. The number of piperidine rings is 1. The van der Waals surface area contributed by atoms with Gasteiger partial charge in [-0.05, 0) is 88.0 Å². The highest BCUT2D eigenvalue weighted by Crippen LogP contribution is 2.37. The Morgan fingerprint density at radius 2 is 1.88 bits per heavy atom. The first kappa shape index (κ1) is 35.3. The number of halogens is 2. The zero-order chi connectivity index (χ0) is 35.5. The molecule has 2 saturated heterocycles. The second kappa shape index (κ2) is 15.2. The molecular formula is C36H38Cl2N8O4S. The number of rotatable bonds is 11. The number of aromatic nitrogens is 5. The van der Waals surface area contributed by atoms with Crippen molar-refractivity contribution in [2.24, 2.45) is 5.92 Å². The number of nitrogens with one attached hydrogen (secondary N) is 1. The summed E-state index contributed by atoms with van der Waals surface area (Å²) in [6.45, 7) is 5.13. The van der Waals surface area contributed by atoms with E-state index in [9.17, 15) is 13.2 Å². The van der Waals surface area contributed by atoms with Gasteiger partial charge in [0, 0.05) is 47.5 Å². The van der Waals surface area contributed by atoms with Crippen LogP contribution in [0.5, 0.6) is 5.75 Å². The summed E-state index contributed by atoms with van der Waals surface area (Å²) in [5, 5.41) is 8.32. The summed E-state index contributed by atoms with van der Waals surface area (Å²) in [7, 11) is -4.15. The molecule has 5 aromatic rings. The molecule has 2 aliphatic heterocycles. The number of benzene rings is 2. The van der Waals surface area contributed by atoms with E-state index in [1.54, 1.807) is 17.1 Å². The predicted octanol–water partition coefficient (Wildman–Crippen LogP) is 5.59. The summed E-state index contributed by atoms with van der Waals surface area (Å²) in [4.78, 5) is 28.9. The number of hydrogen-bond donors (Lipinski definition) is 1. The molecule has 1 atom stereocenters. The van der Waals surface area contributed by atoms with E-state index in [4.69, 9.17) is 32.9 Å². The van der Waals surface area contributed by atoms with E-state index >= 15 is 0 Å². The first-order valence-corrected chi connectivity index (χ1v) is 19.2. The molecule has 7 rings (SSSR count). The molecular weight excluding hydrogens is 711 g/mol. The standard InChI is InChI=1S/C36H38Cl2N8O4S/c1-24-18-31(45-23-39-22-42-45)27-7-4-9-32(35(27)43-24)50-21-28-29(37)10-11-33(34(28)38)51(48,49)46-15-5-8-30(46)36(47)41-19-25-12-16-44(17-13-25)20-26-6-2-3-14-40-26/h2-4,6-7,9-11,14,18,22-23,25,30H,5,8,12-13,15-17,19-21H2,1H3,(H,41,47). The molecule has 1 N–H and O–H groups in total. The van der Waals surface area contributed by atoms with Crippen molar-refractivity contribution >= 4 is 50.0 Å². The largest absolute Gasteiger partial charge is 0.487 e. The molecule has 266 valence electrons. The number of nitrogens with zero attached hydrogens (tertiary/aromatic N) is 7. The highest BCUT2D eigenvalue weighted by Gasteiger charge is 2.41. The quantitative estimate of drug-likeness (QED) is 0.184. The van der Waals surface area contributed by atoms with Crippen molar-refractivity contribution < 1.29 is 17.9 Å². The molecule has 0 radical (unpaired) electrons. The number of amides is 1. The van der Waals surface area contributed by atoms with Crippen LogP contribution < -0.4 is 10.1 Å². The van der Waals surface area contributed by atoms with Crippen molar-refractivity contribution in [3.8, 4) is 11.4 Å². The van der Waals surface area contributed by atoms with E-state index in [1.165, 1.54) is 22.8 Å². The molecule has 12 nitrogen and oxygen atoms in total. The molecule has 0 bridgehead atoms. The second-order valence-electron chi connectivity index (χ2n) is 13.0. The fraction of sp³-hybridized carbons (Fsp3) is 0.361. The number of carbonyl (C=O) groups is 1. The van der Waals surface area contributed by atoms with E-state index in [2.05, 4.69) is 25.3 Å². The van der Waals surface area contributed by atoms with Gasteiger partial charge < -0.3 is 10.1 Å². The lowest BCUT2D eigenvalue weighted by molar-refractivity contribution is -0.124. The maximum atomic E-state index is 14.1. The Hall–Kier alpha value is -4.14. The third-order valence-corrected chi connectivity index (χ3v) is 12.4. The summed E-state index contributed by atoms with van der Waals surface area (Å²) in [5.41, 5.74) is 3.49. The van der Waals surface area contributed by atoms with Crippen molar-refractivity contribution in [3.05, 3.63) is 100 Å². The number of aryl methyl sites for hydroxylation is 1. The average molecular weight is 750 g/mol. The number of pyridine rings is 2. The van der Waals surface area contributed by atoms with E-state index in [-0.39, 0.29) is 34.0 Å². The fourth-order valence-electron chi connectivity index (χ4n) is 6.87. The first-order valence-electron chi connectivity index (χ1n) is 17.0. The SMILES string of the molecule is Cc1cc(-n2cncn2)c2cccc(OCc3c(Cl)ccc(S(=O)(=O)N4CCCC4C(=O)NCC4CCN(Cc5ccccn5)CC4)c3Cl)c2n1. The fourth-order valence-corrected chi connectivity index (χ4v) is 9.39. The molecule has 51 heavy (non-hydrogen) atoms. The molecule has 2 fully saturated rings. The van der Waals surface area contributed by atoms with E-state index < -0.39 is 16.1 Å². The molecule has 0 aliphatic carbocycles. The number of fused-ring (bicyclic) bond motifs is 1.